The van der Waals surface area contributed by atoms with E-state index >= 15 is 0 Å². The number of nitrogens with one attached hydrogen (secondary N) is 2. The molecule has 1 rings (SSSR count). The third-order valence-corrected chi connectivity index (χ3v) is 3.48. The summed E-state index contributed by atoms with van der Waals surface area (Å²) in [6.07, 6.45) is 1.30. The number of rotatable bonds is 7. The van der Waals surface area contributed by atoms with Gasteiger partial charge in [0.25, 0.3) is 0 Å². The van der Waals surface area contributed by atoms with Gasteiger partial charge >= 0.3 is 0 Å². The van der Waals surface area contributed by atoms with E-state index in [9.17, 15) is 9.90 Å². The van der Waals surface area contributed by atoms with Gasteiger partial charge in [0.1, 0.15) is 5.75 Å². The molecular formula is C14H20Cl2N2O2. The Labute approximate surface area is 129 Å². The van der Waals surface area contributed by atoms with Crippen molar-refractivity contribution >= 4 is 29.1 Å². The number of aromatic hydroxyl groups is 1. The quantitative estimate of drug-likeness (QED) is 0.677. The highest BCUT2D eigenvalue weighted by molar-refractivity contribution is 6.35. The lowest BCUT2D eigenvalue weighted by Crippen LogP contribution is -2.33. The van der Waals surface area contributed by atoms with Crippen LogP contribution < -0.4 is 10.6 Å². The van der Waals surface area contributed by atoms with Gasteiger partial charge in [0, 0.05) is 36.1 Å². The number of hydrogen-bond acceptors (Lipinski definition) is 3. The molecule has 0 spiro atoms. The normalized spacial score (nSPS) is 12.2. The SMILES string of the molecule is CCC(C)NC(=O)CCNCc1cc(Cl)cc(Cl)c1O. The van der Waals surface area contributed by atoms with E-state index in [1.165, 1.54) is 6.07 Å². The molecule has 0 bridgehead atoms. The second-order valence-electron chi connectivity index (χ2n) is 4.70. The molecule has 1 aromatic rings. The van der Waals surface area contributed by atoms with E-state index in [1.807, 2.05) is 13.8 Å². The molecule has 0 saturated carbocycles. The molecule has 0 heterocycles. The third kappa shape index (κ3) is 5.57. The average molecular weight is 319 g/mol. The number of phenols is 1. The summed E-state index contributed by atoms with van der Waals surface area (Å²) in [6.45, 7) is 4.92. The van der Waals surface area contributed by atoms with Gasteiger partial charge in [-0.15, -0.1) is 0 Å². The molecule has 1 unspecified atom stereocenters. The minimum absolute atomic E-state index is 0.0141. The van der Waals surface area contributed by atoms with Crippen molar-refractivity contribution in [1.82, 2.24) is 10.6 Å². The maximum atomic E-state index is 11.6. The Bertz CT molecular complexity index is 467. The number of hydrogen-bond donors (Lipinski definition) is 3. The Morgan fingerprint density at radius 1 is 1.40 bits per heavy atom. The lowest BCUT2D eigenvalue weighted by Gasteiger charge is -2.12. The van der Waals surface area contributed by atoms with Gasteiger partial charge in [-0.3, -0.25) is 4.79 Å². The first kappa shape index (κ1) is 17.1. The second kappa shape index (κ2) is 8.35. The molecule has 0 fully saturated rings. The van der Waals surface area contributed by atoms with Gasteiger partial charge in [0.15, 0.2) is 0 Å². The van der Waals surface area contributed by atoms with Crippen LogP contribution in [0.15, 0.2) is 12.1 Å². The van der Waals surface area contributed by atoms with Crippen LogP contribution in [-0.2, 0) is 11.3 Å². The number of carbonyl (C=O) groups is 1. The van der Waals surface area contributed by atoms with E-state index in [2.05, 4.69) is 10.6 Å². The zero-order valence-corrected chi connectivity index (χ0v) is 13.2. The monoisotopic (exact) mass is 318 g/mol. The first-order valence-electron chi connectivity index (χ1n) is 6.61. The Hall–Kier alpha value is -0.970. The van der Waals surface area contributed by atoms with Gasteiger partial charge in [0.05, 0.1) is 5.02 Å². The number of benzene rings is 1. The first-order chi connectivity index (χ1) is 9.43. The Kier molecular flexibility index (Phi) is 7.13. The molecular weight excluding hydrogens is 299 g/mol. The fourth-order valence-electron chi connectivity index (χ4n) is 1.63. The van der Waals surface area contributed by atoms with Crippen molar-refractivity contribution in [3.63, 3.8) is 0 Å². The summed E-state index contributed by atoms with van der Waals surface area (Å²) in [7, 11) is 0. The molecule has 6 heteroatoms. The Morgan fingerprint density at radius 2 is 2.10 bits per heavy atom. The van der Waals surface area contributed by atoms with Crippen LogP contribution in [-0.4, -0.2) is 23.6 Å². The highest BCUT2D eigenvalue weighted by Gasteiger charge is 2.08. The minimum Gasteiger partial charge on any atom is -0.506 e. The van der Waals surface area contributed by atoms with Crippen molar-refractivity contribution in [1.29, 1.82) is 0 Å². The standard InChI is InChI=1S/C14H20Cl2N2O2/c1-3-9(2)18-13(19)4-5-17-8-10-6-11(15)7-12(16)14(10)20/h6-7,9,17,20H,3-5,8H2,1-2H3,(H,18,19). The highest BCUT2D eigenvalue weighted by atomic mass is 35.5. The van der Waals surface area contributed by atoms with E-state index in [0.717, 1.165) is 6.42 Å². The molecule has 1 aromatic carbocycles. The summed E-state index contributed by atoms with van der Waals surface area (Å²) in [5.41, 5.74) is 0.616. The van der Waals surface area contributed by atoms with E-state index in [1.54, 1.807) is 6.07 Å². The maximum Gasteiger partial charge on any atom is 0.221 e. The fraction of sp³-hybridized carbons (Fsp3) is 0.500. The Balaban J connectivity index is 2.36. The average Bonchev–Trinajstić information content (AvgIpc) is 2.39. The third-order valence-electron chi connectivity index (χ3n) is 2.97. The van der Waals surface area contributed by atoms with Crippen LogP contribution in [0.4, 0.5) is 0 Å². The molecule has 3 N–H and O–H groups in total. The van der Waals surface area contributed by atoms with Crippen molar-refractivity contribution in [2.45, 2.75) is 39.3 Å². The van der Waals surface area contributed by atoms with Crippen LogP contribution in [0.5, 0.6) is 5.75 Å². The zero-order chi connectivity index (χ0) is 15.1. The van der Waals surface area contributed by atoms with Crippen molar-refractivity contribution in [3.05, 3.63) is 27.7 Å². The van der Waals surface area contributed by atoms with E-state index < -0.39 is 0 Å². The summed E-state index contributed by atoms with van der Waals surface area (Å²) in [5, 5.41) is 16.4. The summed E-state index contributed by atoms with van der Waals surface area (Å²) < 4.78 is 0. The summed E-state index contributed by atoms with van der Waals surface area (Å²) >= 11 is 11.7. The molecule has 0 saturated heterocycles. The summed E-state index contributed by atoms with van der Waals surface area (Å²) in [4.78, 5) is 11.6. The highest BCUT2D eigenvalue weighted by Crippen LogP contribution is 2.30. The molecule has 0 aliphatic heterocycles. The zero-order valence-electron chi connectivity index (χ0n) is 11.7. The molecule has 20 heavy (non-hydrogen) atoms. The van der Waals surface area contributed by atoms with Crippen LogP contribution >= 0.6 is 23.2 Å². The van der Waals surface area contributed by atoms with Crippen molar-refractivity contribution in [2.75, 3.05) is 6.54 Å². The van der Waals surface area contributed by atoms with Gasteiger partial charge in [-0.05, 0) is 25.5 Å². The van der Waals surface area contributed by atoms with Gasteiger partial charge < -0.3 is 15.7 Å². The predicted octanol–water partition coefficient (Wildman–Crippen LogP) is 3.09. The molecule has 0 aliphatic rings. The summed E-state index contributed by atoms with van der Waals surface area (Å²) in [5.74, 6) is 0.0350. The number of amides is 1. The second-order valence-corrected chi connectivity index (χ2v) is 5.54. The van der Waals surface area contributed by atoms with E-state index in [-0.39, 0.29) is 22.7 Å². The maximum absolute atomic E-state index is 11.6. The lowest BCUT2D eigenvalue weighted by molar-refractivity contribution is -0.121. The molecule has 0 aromatic heterocycles. The summed E-state index contributed by atoms with van der Waals surface area (Å²) in [6, 6.07) is 3.33. The van der Waals surface area contributed by atoms with Crippen molar-refractivity contribution < 1.29 is 9.90 Å². The van der Waals surface area contributed by atoms with Crippen molar-refractivity contribution in [2.24, 2.45) is 0 Å². The van der Waals surface area contributed by atoms with Gasteiger partial charge in [0.2, 0.25) is 5.91 Å². The van der Waals surface area contributed by atoms with E-state index in [0.29, 0.717) is 30.1 Å². The van der Waals surface area contributed by atoms with Crippen molar-refractivity contribution in [3.8, 4) is 5.75 Å². The topological polar surface area (TPSA) is 61.4 Å². The Morgan fingerprint density at radius 3 is 2.75 bits per heavy atom. The minimum atomic E-state index is 0.0141. The van der Waals surface area contributed by atoms with Gasteiger partial charge in [-0.1, -0.05) is 30.1 Å². The van der Waals surface area contributed by atoms with E-state index in [4.69, 9.17) is 23.2 Å². The largest absolute Gasteiger partial charge is 0.506 e. The number of phenolic OH excluding ortho intramolecular Hbond substituents is 1. The predicted molar refractivity (Wildman–Crippen MR) is 82.3 cm³/mol. The molecule has 4 nitrogen and oxygen atoms in total. The fourth-order valence-corrected chi connectivity index (χ4v) is 2.16. The first-order valence-corrected chi connectivity index (χ1v) is 7.36. The van der Waals surface area contributed by atoms with Crippen LogP contribution in [0.1, 0.15) is 32.3 Å². The lowest BCUT2D eigenvalue weighted by atomic mass is 10.2. The molecule has 112 valence electrons. The van der Waals surface area contributed by atoms with Gasteiger partial charge in [-0.25, -0.2) is 0 Å². The van der Waals surface area contributed by atoms with Crippen LogP contribution in [0.3, 0.4) is 0 Å². The van der Waals surface area contributed by atoms with Crippen LogP contribution in [0, 0.1) is 0 Å². The van der Waals surface area contributed by atoms with Gasteiger partial charge in [-0.2, -0.15) is 0 Å². The van der Waals surface area contributed by atoms with Crippen LogP contribution in [0.2, 0.25) is 10.0 Å². The molecule has 1 amide bonds. The number of carbonyl (C=O) groups excluding carboxylic acids is 1. The smallest absolute Gasteiger partial charge is 0.221 e. The van der Waals surface area contributed by atoms with Crippen LogP contribution in [0.25, 0.3) is 0 Å². The molecule has 1 atom stereocenters. The molecule has 0 aliphatic carbocycles. The number of halogens is 2. The molecule has 0 radical (unpaired) electrons.